The predicted octanol–water partition coefficient (Wildman–Crippen LogP) is 0.0685. The topological polar surface area (TPSA) is 82.5 Å². The molecule has 0 atom stereocenters. The van der Waals surface area contributed by atoms with Gasteiger partial charge in [-0.2, -0.15) is 0 Å². The van der Waals surface area contributed by atoms with Gasteiger partial charge in [-0.25, -0.2) is 4.68 Å². The first-order valence-corrected chi connectivity index (χ1v) is 4.50. The highest BCUT2D eigenvalue weighted by atomic mass is 32.1. The summed E-state index contributed by atoms with van der Waals surface area (Å²) in [6.07, 6.45) is 1.66. The van der Waals surface area contributed by atoms with E-state index in [0.717, 1.165) is 10.0 Å². The van der Waals surface area contributed by atoms with E-state index in [9.17, 15) is 0 Å². The van der Waals surface area contributed by atoms with Crippen molar-refractivity contribution in [1.29, 1.82) is 0 Å². The van der Waals surface area contributed by atoms with Crippen LogP contribution in [0.4, 0.5) is 5.82 Å². The Morgan fingerprint density at radius 2 is 2.31 bits per heavy atom. The Bertz CT molecular complexity index is 366. The van der Waals surface area contributed by atoms with Gasteiger partial charge in [0.1, 0.15) is 10.0 Å². The van der Waals surface area contributed by atoms with Gasteiger partial charge in [-0.15, -0.1) is 15.3 Å². The van der Waals surface area contributed by atoms with Crippen molar-refractivity contribution in [2.75, 3.05) is 5.73 Å². The maximum absolute atomic E-state index is 5.41. The minimum absolute atomic E-state index is 0.418. The summed E-state index contributed by atoms with van der Waals surface area (Å²) in [6.45, 7) is 2.49. The largest absolute Gasteiger partial charge is 0.381 e. The maximum atomic E-state index is 5.41. The zero-order valence-corrected chi connectivity index (χ0v) is 7.82. The number of anilines is 1. The summed E-state index contributed by atoms with van der Waals surface area (Å²) >= 11 is 1.54. The molecule has 0 saturated carbocycles. The summed E-state index contributed by atoms with van der Waals surface area (Å²) in [7, 11) is 0. The van der Waals surface area contributed by atoms with Crippen LogP contribution in [0, 0.1) is 6.92 Å². The van der Waals surface area contributed by atoms with Crippen molar-refractivity contribution in [2.45, 2.75) is 13.5 Å². The molecule has 0 amide bonds. The summed E-state index contributed by atoms with van der Waals surface area (Å²) < 4.78 is 1.63. The molecule has 2 rings (SSSR count). The summed E-state index contributed by atoms with van der Waals surface area (Å²) in [5.41, 5.74) is 5.41. The Morgan fingerprint density at radius 1 is 1.46 bits per heavy atom. The van der Waals surface area contributed by atoms with E-state index in [-0.39, 0.29) is 0 Å². The fourth-order valence-electron chi connectivity index (χ4n) is 0.931. The lowest BCUT2D eigenvalue weighted by molar-refractivity contribution is 0.642. The second-order valence-corrected chi connectivity index (χ2v) is 3.82. The highest BCUT2D eigenvalue weighted by Gasteiger charge is 2.02. The van der Waals surface area contributed by atoms with Gasteiger partial charge in [-0.1, -0.05) is 16.6 Å². The third kappa shape index (κ3) is 1.81. The first-order chi connectivity index (χ1) is 6.24. The molecule has 0 radical (unpaired) electrons. The van der Waals surface area contributed by atoms with Gasteiger partial charge in [0.15, 0.2) is 5.82 Å². The molecular weight excluding hydrogens is 188 g/mol. The maximum Gasteiger partial charge on any atom is 0.165 e. The van der Waals surface area contributed by atoms with E-state index >= 15 is 0 Å². The molecular formula is C6H8N6S. The van der Waals surface area contributed by atoms with Crippen LogP contribution in [0.2, 0.25) is 0 Å². The van der Waals surface area contributed by atoms with Crippen molar-refractivity contribution in [3.8, 4) is 0 Å². The van der Waals surface area contributed by atoms with Crippen LogP contribution in [0.25, 0.3) is 0 Å². The van der Waals surface area contributed by atoms with Crippen LogP contribution in [-0.2, 0) is 6.54 Å². The third-order valence-corrected chi connectivity index (χ3v) is 2.24. The number of hydrogen-bond acceptors (Lipinski definition) is 6. The number of aryl methyl sites for hydroxylation is 1. The number of rotatable bonds is 2. The van der Waals surface area contributed by atoms with Crippen LogP contribution in [0.1, 0.15) is 10.0 Å². The standard InChI is InChI=1S/C6H8N6S/c1-4-8-10-6(13-4)3-12-2-5(7)9-11-12/h2H,3,7H2,1H3. The molecule has 0 aromatic carbocycles. The molecule has 0 aliphatic heterocycles. The molecule has 68 valence electrons. The molecule has 0 bridgehead atoms. The zero-order valence-electron chi connectivity index (χ0n) is 7.01. The molecule has 7 heteroatoms. The molecule has 0 unspecified atom stereocenters. The predicted molar refractivity (Wildman–Crippen MR) is 48.2 cm³/mol. The summed E-state index contributed by atoms with van der Waals surface area (Å²) in [4.78, 5) is 0. The van der Waals surface area contributed by atoms with Gasteiger partial charge >= 0.3 is 0 Å². The first kappa shape index (κ1) is 8.11. The van der Waals surface area contributed by atoms with E-state index in [2.05, 4.69) is 20.5 Å². The Hall–Kier alpha value is -1.50. The molecule has 2 aromatic heterocycles. The average Bonchev–Trinajstić information content (AvgIpc) is 2.62. The molecule has 6 nitrogen and oxygen atoms in total. The van der Waals surface area contributed by atoms with Crippen molar-refractivity contribution in [1.82, 2.24) is 25.2 Å². The Kier molecular flexibility index (Phi) is 1.93. The minimum atomic E-state index is 0.418. The van der Waals surface area contributed by atoms with Crippen LogP contribution in [0.5, 0.6) is 0 Å². The highest BCUT2D eigenvalue weighted by Crippen LogP contribution is 2.09. The number of nitrogens with two attached hydrogens (primary N) is 1. The fourth-order valence-corrected chi connectivity index (χ4v) is 1.63. The van der Waals surface area contributed by atoms with Gasteiger partial charge in [0.2, 0.25) is 0 Å². The molecule has 0 spiro atoms. The van der Waals surface area contributed by atoms with E-state index in [1.807, 2.05) is 6.92 Å². The van der Waals surface area contributed by atoms with Crippen LogP contribution < -0.4 is 5.73 Å². The third-order valence-electron chi connectivity index (χ3n) is 1.42. The SMILES string of the molecule is Cc1nnc(Cn2cc(N)nn2)s1. The van der Waals surface area contributed by atoms with Crippen molar-refractivity contribution in [3.63, 3.8) is 0 Å². The summed E-state index contributed by atoms with van der Waals surface area (Å²) in [5.74, 6) is 0.418. The van der Waals surface area contributed by atoms with Gasteiger partial charge in [0, 0.05) is 0 Å². The number of nitrogen functional groups attached to an aromatic ring is 1. The molecule has 0 saturated heterocycles. The first-order valence-electron chi connectivity index (χ1n) is 3.68. The van der Waals surface area contributed by atoms with Crippen molar-refractivity contribution < 1.29 is 0 Å². The van der Waals surface area contributed by atoms with Gasteiger partial charge in [0.05, 0.1) is 12.7 Å². The van der Waals surface area contributed by atoms with Gasteiger partial charge in [-0.3, -0.25) is 0 Å². The second kappa shape index (κ2) is 3.09. The molecule has 2 N–H and O–H groups in total. The fraction of sp³-hybridized carbons (Fsp3) is 0.333. The molecule has 2 aromatic rings. The zero-order chi connectivity index (χ0) is 9.26. The van der Waals surface area contributed by atoms with Crippen molar-refractivity contribution in [3.05, 3.63) is 16.2 Å². The molecule has 0 fully saturated rings. The van der Waals surface area contributed by atoms with E-state index in [1.165, 1.54) is 0 Å². The second-order valence-electron chi connectivity index (χ2n) is 2.56. The van der Waals surface area contributed by atoms with Crippen molar-refractivity contribution in [2.24, 2.45) is 0 Å². The Labute approximate surface area is 78.4 Å². The van der Waals surface area contributed by atoms with Crippen molar-refractivity contribution >= 4 is 17.2 Å². The van der Waals surface area contributed by atoms with Crippen LogP contribution in [-0.4, -0.2) is 25.2 Å². The van der Waals surface area contributed by atoms with E-state index in [4.69, 9.17) is 5.73 Å². The van der Waals surface area contributed by atoms with Gasteiger partial charge in [-0.05, 0) is 6.92 Å². The number of aromatic nitrogens is 5. The number of nitrogens with zero attached hydrogens (tertiary/aromatic N) is 5. The van der Waals surface area contributed by atoms with Crippen LogP contribution >= 0.6 is 11.3 Å². The van der Waals surface area contributed by atoms with Gasteiger partial charge < -0.3 is 5.73 Å². The van der Waals surface area contributed by atoms with E-state index in [0.29, 0.717) is 12.4 Å². The monoisotopic (exact) mass is 196 g/mol. The minimum Gasteiger partial charge on any atom is -0.381 e. The smallest absolute Gasteiger partial charge is 0.165 e. The highest BCUT2D eigenvalue weighted by molar-refractivity contribution is 7.11. The van der Waals surface area contributed by atoms with E-state index < -0.39 is 0 Å². The lowest BCUT2D eigenvalue weighted by atomic mass is 10.6. The lowest BCUT2D eigenvalue weighted by Crippen LogP contribution is -1.99. The Balaban J connectivity index is 2.14. The summed E-state index contributed by atoms with van der Waals surface area (Å²) in [5, 5.41) is 17.2. The molecule has 13 heavy (non-hydrogen) atoms. The molecule has 0 aliphatic rings. The lowest BCUT2D eigenvalue weighted by Gasteiger charge is -1.91. The molecule has 2 heterocycles. The van der Waals surface area contributed by atoms with Crippen LogP contribution in [0.3, 0.4) is 0 Å². The average molecular weight is 196 g/mol. The van der Waals surface area contributed by atoms with Gasteiger partial charge in [0.25, 0.3) is 0 Å². The number of hydrogen-bond donors (Lipinski definition) is 1. The van der Waals surface area contributed by atoms with E-state index in [1.54, 1.807) is 22.2 Å². The normalized spacial score (nSPS) is 10.5. The van der Waals surface area contributed by atoms with Crippen LogP contribution in [0.15, 0.2) is 6.20 Å². The summed E-state index contributed by atoms with van der Waals surface area (Å²) in [6, 6.07) is 0. The molecule has 0 aliphatic carbocycles. The quantitative estimate of drug-likeness (QED) is 0.734. The Morgan fingerprint density at radius 3 is 2.85 bits per heavy atom.